The van der Waals surface area contributed by atoms with Crippen LogP contribution >= 0.6 is 11.3 Å². The second-order valence-electron chi connectivity index (χ2n) is 3.37. The fourth-order valence-electron chi connectivity index (χ4n) is 1.60. The maximum absolute atomic E-state index is 5.61. The SMILES string of the molecule is CC.CCOc1cc(OCC)c2sc(C)nc2c1. The first-order valence-electron chi connectivity index (χ1n) is 6.41. The Bertz CT molecular complexity index is 494. The van der Waals surface area contributed by atoms with Crippen molar-refractivity contribution in [1.82, 2.24) is 4.98 Å². The standard InChI is InChI=1S/C12H15NO2S.C2H6/c1-4-14-9-6-10-12(16-8(3)13-10)11(7-9)15-5-2;1-2/h6-7H,4-5H2,1-3H3;1-2H3. The van der Waals surface area contributed by atoms with Crippen molar-refractivity contribution in [1.29, 1.82) is 0 Å². The molecule has 0 aliphatic heterocycles. The van der Waals surface area contributed by atoms with Gasteiger partial charge in [0.1, 0.15) is 11.5 Å². The molecule has 1 aromatic heterocycles. The van der Waals surface area contributed by atoms with Crippen molar-refractivity contribution >= 4 is 21.6 Å². The van der Waals surface area contributed by atoms with E-state index in [9.17, 15) is 0 Å². The summed E-state index contributed by atoms with van der Waals surface area (Å²) in [6.07, 6.45) is 0. The van der Waals surface area contributed by atoms with Crippen LogP contribution in [0.4, 0.5) is 0 Å². The van der Waals surface area contributed by atoms with Crippen molar-refractivity contribution in [3.05, 3.63) is 17.1 Å². The molecule has 4 heteroatoms. The lowest BCUT2D eigenvalue weighted by Crippen LogP contribution is -1.95. The van der Waals surface area contributed by atoms with Gasteiger partial charge >= 0.3 is 0 Å². The summed E-state index contributed by atoms with van der Waals surface area (Å²) in [4.78, 5) is 4.46. The number of rotatable bonds is 4. The highest BCUT2D eigenvalue weighted by atomic mass is 32.1. The van der Waals surface area contributed by atoms with Gasteiger partial charge in [0.15, 0.2) is 0 Å². The smallest absolute Gasteiger partial charge is 0.142 e. The summed E-state index contributed by atoms with van der Waals surface area (Å²) in [5, 5.41) is 1.05. The Kier molecular flexibility index (Phi) is 5.92. The van der Waals surface area contributed by atoms with Gasteiger partial charge in [-0.3, -0.25) is 0 Å². The molecule has 0 aliphatic carbocycles. The number of thiazole rings is 1. The molecule has 0 atom stereocenters. The molecule has 0 N–H and O–H groups in total. The summed E-state index contributed by atoms with van der Waals surface area (Å²) in [7, 11) is 0. The monoisotopic (exact) mass is 267 g/mol. The number of aryl methyl sites for hydroxylation is 1. The first-order valence-corrected chi connectivity index (χ1v) is 7.23. The Labute approximate surface area is 113 Å². The van der Waals surface area contributed by atoms with Crippen molar-refractivity contribution in [3.8, 4) is 11.5 Å². The van der Waals surface area contributed by atoms with Crippen LogP contribution in [0.25, 0.3) is 10.2 Å². The molecule has 1 aromatic carbocycles. The van der Waals surface area contributed by atoms with E-state index in [1.54, 1.807) is 11.3 Å². The summed E-state index contributed by atoms with van der Waals surface area (Å²) in [6.45, 7) is 11.3. The molecule has 2 aromatic rings. The number of hydrogen-bond donors (Lipinski definition) is 0. The summed E-state index contributed by atoms with van der Waals surface area (Å²) < 4.78 is 12.2. The normalized spacial score (nSPS) is 9.83. The van der Waals surface area contributed by atoms with Crippen molar-refractivity contribution in [3.63, 3.8) is 0 Å². The third kappa shape index (κ3) is 3.35. The highest BCUT2D eigenvalue weighted by molar-refractivity contribution is 7.18. The second-order valence-corrected chi connectivity index (χ2v) is 4.57. The van der Waals surface area contributed by atoms with Crippen LogP contribution in [0.15, 0.2) is 12.1 Å². The van der Waals surface area contributed by atoms with Gasteiger partial charge in [-0.05, 0) is 20.8 Å². The van der Waals surface area contributed by atoms with E-state index < -0.39 is 0 Å². The molecule has 1 heterocycles. The van der Waals surface area contributed by atoms with Crippen molar-refractivity contribution in [2.75, 3.05) is 13.2 Å². The maximum Gasteiger partial charge on any atom is 0.142 e. The number of nitrogens with zero attached hydrogens (tertiary/aromatic N) is 1. The number of fused-ring (bicyclic) bond motifs is 1. The van der Waals surface area contributed by atoms with Gasteiger partial charge < -0.3 is 9.47 Å². The largest absolute Gasteiger partial charge is 0.494 e. The van der Waals surface area contributed by atoms with Gasteiger partial charge in [-0.25, -0.2) is 4.98 Å². The van der Waals surface area contributed by atoms with Crippen LogP contribution in [0, 0.1) is 6.92 Å². The molecule has 0 saturated carbocycles. The Morgan fingerprint density at radius 2 is 1.78 bits per heavy atom. The molecule has 0 amide bonds. The van der Waals surface area contributed by atoms with Crippen LogP contribution in [-0.4, -0.2) is 18.2 Å². The molecular weight excluding hydrogens is 246 g/mol. The molecule has 18 heavy (non-hydrogen) atoms. The van der Waals surface area contributed by atoms with Crippen LogP contribution in [-0.2, 0) is 0 Å². The average Bonchev–Trinajstić information content (AvgIpc) is 2.73. The Hall–Kier alpha value is -1.29. The third-order valence-corrected chi connectivity index (χ3v) is 3.15. The molecule has 0 bridgehead atoms. The lowest BCUT2D eigenvalue weighted by Gasteiger charge is -2.07. The molecule has 0 unspecified atom stereocenters. The summed E-state index contributed by atoms with van der Waals surface area (Å²) in [6, 6.07) is 3.90. The zero-order valence-electron chi connectivity index (χ0n) is 11.7. The van der Waals surface area contributed by atoms with Crippen LogP contribution in [0.5, 0.6) is 11.5 Å². The Morgan fingerprint density at radius 3 is 2.39 bits per heavy atom. The molecule has 0 aliphatic rings. The number of aromatic nitrogens is 1. The molecule has 3 nitrogen and oxygen atoms in total. The fourth-order valence-corrected chi connectivity index (χ4v) is 2.47. The lowest BCUT2D eigenvalue weighted by atomic mass is 10.3. The minimum absolute atomic E-state index is 0.653. The molecule has 0 radical (unpaired) electrons. The van der Waals surface area contributed by atoms with Gasteiger partial charge in [-0.15, -0.1) is 11.3 Å². The van der Waals surface area contributed by atoms with E-state index in [1.807, 2.05) is 46.8 Å². The Morgan fingerprint density at radius 1 is 1.11 bits per heavy atom. The van der Waals surface area contributed by atoms with Gasteiger partial charge in [0.25, 0.3) is 0 Å². The maximum atomic E-state index is 5.61. The molecule has 0 spiro atoms. The zero-order valence-corrected chi connectivity index (χ0v) is 12.6. The molecule has 0 fully saturated rings. The number of hydrogen-bond acceptors (Lipinski definition) is 4. The molecule has 100 valence electrons. The zero-order chi connectivity index (χ0) is 13.5. The third-order valence-electron chi connectivity index (χ3n) is 2.15. The van der Waals surface area contributed by atoms with Gasteiger partial charge in [-0.2, -0.15) is 0 Å². The first-order chi connectivity index (χ1) is 8.74. The molecule has 0 saturated heterocycles. The topological polar surface area (TPSA) is 31.4 Å². The summed E-state index contributed by atoms with van der Waals surface area (Å²) >= 11 is 1.65. The van der Waals surface area contributed by atoms with Crippen molar-refractivity contribution in [2.24, 2.45) is 0 Å². The van der Waals surface area contributed by atoms with E-state index in [0.717, 1.165) is 26.7 Å². The minimum Gasteiger partial charge on any atom is -0.494 e. The van der Waals surface area contributed by atoms with E-state index >= 15 is 0 Å². The molecular formula is C14H21NO2S. The summed E-state index contributed by atoms with van der Waals surface area (Å²) in [5.41, 5.74) is 0.955. The van der Waals surface area contributed by atoms with E-state index in [0.29, 0.717) is 13.2 Å². The van der Waals surface area contributed by atoms with E-state index in [2.05, 4.69) is 4.98 Å². The van der Waals surface area contributed by atoms with Gasteiger partial charge in [-0.1, -0.05) is 13.8 Å². The Balaban J connectivity index is 0.000000771. The van der Waals surface area contributed by atoms with Gasteiger partial charge in [0, 0.05) is 12.1 Å². The van der Waals surface area contributed by atoms with E-state index in [1.165, 1.54) is 0 Å². The van der Waals surface area contributed by atoms with Crippen LogP contribution in [0.2, 0.25) is 0 Å². The highest BCUT2D eigenvalue weighted by Crippen LogP contribution is 2.35. The van der Waals surface area contributed by atoms with Crippen LogP contribution in [0.1, 0.15) is 32.7 Å². The number of ether oxygens (including phenoxy) is 2. The lowest BCUT2D eigenvalue weighted by molar-refractivity contribution is 0.326. The summed E-state index contributed by atoms with van der Waals surface area (Å²) in [5.74, 6) is 1.69. The van der Waals surface area contributed by atoms with E-state index in [4.69, 9.17) is 9.47 Å². The predicted molar refractivity (Wildman–Crippen MR) is 78.0 cm³/mol. The van der Waals surface area contributed by atoms with Crippen molar-refractivity contribution in [2.45, 2.75) is 34.6 Å². The predicted octanol–water partition coefficient (Wildman–Crippen LogP) is 4.43. The minimum atomic E-state index is 0.653. The average molecular weight is 267 g/mol. The first kappa shape index (κ1) is 14.8. The highest BCUT2D eigenvalue weighted by Gasteiger charge is 2.10. The van der Waals surface area contributed by atoms with Gasteiger partial charge in [0.2, 0.25) is 0 Å². The molecule has 2 rings (SSSR count). The van der Waals surface area contributed by atoms with Gasteiger partial charge in [0.05, 0.1) is 28.4 Å². The fraction of sp³-hybridized carbons (Fsp3) is 0.500. The van der Waals surface area contributed by atoms with E-state index in [-0.39, 0.29) is 0 Å². The van der Waals surface area contributed by atoms with Crippen LogP contribution < -0.4 is 9.47 Å². The quantitative estimate of drug-likeness (QED) is 0.821. The van der Waals surface area contributed by atoms with Crippen LogP contribution in [0.3, 0.4) is 0 Å². The second kappa shape index (κ2) is 7.21. The number of benzene rings is 1. The van der Waals surface area contributed by atoms with Crippen molar-refractivity contribution < 1.29 is 9.47 Å².